The standard InChI is InChI=1S/C21H29N3O6/c1-3-29-20(26)18-14(2)22-21(27)23-19(18)15-4-6-17(7-5-15)30-13-16(25)12-24-8-10-28-11-9-24/h4-7,16,19,25H,3,8-13H2,1-2H3,(H2,22,23,27). The maximum Gasteiger partial charge on any atom is 0.338 e. The molecule has 0 saturated carbocycles. The van der Waals surface area contributed by atoms with Crippen molar-refractivity contribution in [3.8, 4) is 5.75 Å². The van der Waals surface area contributed by atoms with E-state index in [0.29, 0.717) is 36.8 Å². The minimum absolute atomic E-state index is 0.174. The average molecular weight is 419 g/mol. The first-order chi connectivity index (χ1) is 14.5. The van der Waals surface area contributed by atoms with Crippen LogP contribution in [0.5, 0.6) is 5.75 Å². The van der Waals surface area contributed by atoms with Crippen LogP contribution in [0.4, 0.5) is 4.79 Å². The van der Waals surface area contributed by atoms with E-state index in [1.54, 1.807) is 38.1 Å². The molecule has 2 heterocycles. The van der Waals surface area contributed by atoms with Crippen molar-refractivity contribution in [1.82, 2.24) is 15.5 Å². The Balaban J connectivity index is 1.61. The molecule has 9 nitrogen and oxygen atoms in total. The second kappa shape index (κ2) is 10.4. The number of rotatable bonds is 8. The van der Waals surface area contributed by atoms with E-state index < -0.39 is 18.1 Å². The number of amides is 2. The average Bonchev–Trinajstić information content (AvgIpc) is 2.73. The zero-order valence-electron chi connectivity index (χ0n) is 17.3. The van der Waals surface area contributed by atoms with Crippen molar-refractivity contribution in [1.29, 1.82) is 0 Å². The summed E-state index contributed by atoms with van der Waals surface area (Å²) in [5.41, 5.74) is 1.56. The number of carbonyl (C=O) groups excluding carboxylic acids is 2. The number of hydrogen-bond acceptors (Lipinski definition) is 7. The summed E-state index contributed by atoms with van der Waals surface area (Å²) in [6.45, 7) is 7.35. The minimum atomic E-state index is -0.612. The van der Waals surface area contributed by atoms with Crippen molar-refractivity contribution in [3.05, 3.63) is 41.1 Å². The molecule has 1 fully saturated rings. The third kappa shape index (κ3) is 5.71. The van der Waals surface area contributed by atoms with Gasteiger partial charge in [-0.1, -0.05) is 12.1 Å². The van der Waals surface area contributed by atoms with Gasteiger partial charge in [-0.15, -0.1) is 0 Å². The van der Waals surface area contributed by atoms with E-state index in [2.05, 4.69) is 15.5 Å². The number of morpholine rings is 1. The molecule has 1 aromatic carbocycles. The fraction of sp³-hybridized carbons (Fsp3) is 0.524. The van der Waals surface area contributed by atoms with E-state index in [4.69, 9.17) is 14.2 Å². The second-order valence-electron chi connectivity index (χ2n) is 7.24. The lowest BCUT2D eigenvalue weighted by Gasteiger charge is -2.28. The predicted octanol–water partition coefficient (Wildman–Crippen LogP) is 0.950. The number of nitrogens with zero attached hydrogens (tertiary/aromatic N) is 1. The van der Waals surface area contributed by atoms with Crippen molar-refractivity contribution < 1.29 is 28.9 Å². The first-order valence-corrected chi connectivity index (χ1v) is 10.1. The Kier molecular flexibility index (Phi) is 7.67. The van der Waals surface area contributed by atoms with Gasteiger partial charge in [0.1, 0.15) is 18.5 Å². The van der Waals surface area contributed by atoms with Gasteiger partial charge < -0.3 is 30.0 Å². The molecule has 3 rings (SSSR count). The molecule has 0 aliphatic carbocycles. The Morgan fingerprint density at radius 3 is 2.67 bits per heavy atom. The van der Waals surface area contributed by atoms with Gasteiger partial charge in [-0.05, 0) is 31.5 Å². The lowest BCUT2D eigenvalue weighted by molar-refractivity contribution is -0.139. The maximum absolute atomic E-state index is 12.4. The van der Waals surface area contributed by atoms with Crippen LogP contribution in [0.25, 0.3) is 0 Å². The highest BCUT2D eigenvalue weighted by atomic mass is 16.5. The SMILES string of the molecule is CCOC(=O)C1=C(C)NC(=O)NC1c1ccc(OCC(O)CN2CCOCC2)cc1. The number of allylic oxidation sites excluding steroid dienone is 1. The summed E-state index contributed by atoms with van der Waals surface area (Å²) >= 11 is 0. The Bertz CT molecular complexity index is 773. The van der Waals surface area contributed by atoms with Crippen molar-refractivity contribution in [2.45, 2.75) is 26.0 Å². The van der Waals surface area contributed by atoms with Gasteiger partial charge in [-0.3, -0.25) is 4.90 Å². The van der Waals surface area contributed by atoms with Gasteiger partial charge in [0.05, 0.1) is 31.4 Å². The molecule has 1 saturated heterocycles. The second-order valence-corrected chi connectivity index (χ2v) is 7.24. The van der Waals surface area contributed by atoms with E-state index in [1.807, 2.05) is 0 Å². The molecule has 30 heavy (non-hydrogen) atoms. The number of hydrogen-bond donors (Lipinski definition) is 3. The number of aliphatic hydroxyl groups excluding tert-OH is 1. The van der Waals surface area contributed by atoms with Crippen LogP contribution in [0.3, 0.4) is 0 Å². The number of ether oxygens (including phenoxy) is 3. The Labute approximate surface area is 176 Å². The van der Waals surface area contributed by atoms with Gasteiger partial charge in [0.2, 0.25) is 0 Å². The molecule has 0 spiro atoms. The van der Waals surface area contributed by atoms with Gasteiger partial charge in [0.15, 0.2) is 0 Å². The molecular weight excluding hydrogens is 390 g/mol. The number of carbonyl (C=O) groups is 2. The van der Waals surface area contributed by atoms with Crippen molar-refractivity contribution in [3.63, 3.8) is 0 Å². The summed E-state index contributed by atoms with van der Waals surface area (Å²) in [5.74, 6) is 0.123. The van der Waals surface area contributed by atoms with Crippen LogP contribution in [-0.4, -0.2) is 74.2 Å². The Hall–Kier alpha value is -2.62. The van der Waals surface area contributed by atoms with E-state index in [1.165, 1.54) is 0 Å². The van der Waals surface area contributed by atoms with Crippen molar-refractivity contribution in [2.75, 3.05) is 46.1 Å². The Morgan fingerprint density at radius 1 is 1.30 bits per heavy atom. The molecule has 0 radical (unpaired) electrons. The van der Waals surface area contributed by atoms with E-state index in [0.717, 1.165) is 18.7 Å². The Morgan fingerprint density at radius 2 is 2.00 bits per heavy atom. The maximum atomic E-state index is 12.4. The molecule has 164 valence electrons. The lowest BCUT2D eigenvalue weighted by Crippen LogP contribution is -2.45. The number of nitrogens with one attached hydrogen (secondary N) is 2. The van der Waals surface area contributed by atoms with Crippen LogP contribution in [0.2, 0.25) is 0 Å². The number of urea groups is 1. The van der Waals surface area contributed by atoms with Gasteiger partial charge in [0.25, 0.3) is 0 Å². The molecule has 2 unspecified atom stereocenters. The summed E-state index contributed by atoms with van der Waals surface area (Å²) in [7, 11) is 0. The first-order valence-electron chi connectivity index (χ1n) is 10.1. The van der Waals surface area contributed by atoms with Crippen LogP contribution in [0.15, 0.2) is 35.5 Å². The van der Waals surface area contributed by atoms with E-state index >= 15 is 0 Å². The van der Waals surface area contributed by atoms with Gasteiger partial charge in [-0.2, -0.15) is 0 Å². The fourth-order valence-corrected chi connectivity index (χ4v) is 3.51. The molecule has 1 aromatic rings. The third-order valence-electron chi connectivity index (χ3n) is 4.99. The lowest BCUT2D eigenvalue weighted by atomic mass is 9.95. The number of benzene rings is 1. The molecule has 2 aliphatic heterocycles. The molecule has 0 bridgehead atoms. The number of esters is 1. The van der Waals surface area contributed by atoms with E-state index in [9.17, 15) is 14.7 Å². The monoisotopic (exact) mass is 419 g/mol. The highest BCUT2D eigenvalue weighted by Gasteiger charge is 2.32. The molecule has 2 atom stereocenters. The smallest absolute Gasteiger partial charge is 0.338 e. The normalized spacial score (nSPS) is 20.9. The van der Waals surface area contributed by atoms with Gasteiger partial charge in [-0.25, -0.2) is 9.59 Å². The molecule has 2 amide bonds. The zero-order chi connectivity index (χ0) is 21.5. The third-order valence-corrected chi connectivity index (χ3v) is 4.99. The van der Waals surface area contributed by atoms with Crippen LogP contribution in [0, 0.1) is 0 Å². The topological polar surface area (TPSA) is 109 Å². The molecular formula is C21H29N3O6. The van der Waals surface area contributed by atoms with Crippen molar-refractivity contribution in [2.24, 2.45) is 0 Å². The summed E-state index contributed by atoms with van der Waals surface area (Å²) in [4.78, 5) is 26.4. The summed E-state index contributed by atoms with van der Waals surface area (Å²) in [5, 5.41) is 15.6. The van der Waals surface area contributed by atoms with Gasteiger partial charge in [0, 0.05) is 25.3 Å². The summed E-state index contributed by atoms with van der Waals surface area (Å²) < 4.78 is 16.1. The highest BCUT2D eigenvalue weighted by Crippen LogP contribution is 2.28. The molecule has 2 aliphatic rings. The van der Waals surface area contributed by atoms with Crippen LogP contribution < -0.4 is 15.4 Å². The number of β-amino-alcohol motifs (C(OH)–C–C–N with tert-alkyl or cyclic N) is 1. The summed E-state index contributed by atoms with van der Waals surface area (Å²) in [6, 6.07) is 6.08. The minimum Gasteiger partial charge on any atom is -0.491 e. The quantitative estimate of drug-likeness (QED) is 0.538. The van der Waals surface area contributed by atoms with Crippen molar-refractivity contribution >= 4 is 12.0 Å². The highest BCUT2D eigenvalue weighted by molar-refractivity contribution is 5.95. The van der Waals surface area contributed by atoms with E-state index in [-0.39, 0.29) is 19.2 Å². The molecule has 3 N–H and O–H groups in total. The zero-order valence-corrected chi connectivity index (χ0v) is 17.3. The fourth-order valence-electron chi connectivity index (χ4n) is 3.51. The van der Waals surface area contributed by atoms with Crippen LogP contribution in [-0.2, 0) is 14.3 Å². The van der Waals surface area contributed by atoms with Crippen LogP contribution >= 0.6 is 0 Å². The largest absolute Gasteiger partial charge is 0.491 e. The van der Waals surface area contributed by atoms with Crippen LogP contribution in [0.1, 0.15) is 25.5 Å². The predicted molar refractivity (Wildman–Crippen MR) is 109 cm³/mol. The molecule has 9 heteroatoms. The first kappa shape index (κ1) is 22.1. The summed E-state index contributed by atoms with van der Waals surface area (Å²) in [6.07, 6.45) is -0.604. The number of aliphatic hydroxyl groups is 1. The molecule has 0 aromatic heterocycles. The van der Waals surface area contributed by atoms with Gasteiger partial charge >= 0.3 is 12.0 Å².